The maximum atomic E-state index is 14.0. The van der Waals surface area contributed by atoms with Crippen LogP contribution in [0.5, 0.6) is 0 Å². The number of carbonyl (C=O) groups is 1. The number of hydrogen-bond acceptors (Lipinski definition) is 4. The van der Waals surface area contributed by atoms with Crippen LogP contribution >= 0.6 is 0 Å². The van der Waals surface area contributed by atoms with Gasteiger partial charge in [0.2, 0.25) is 12.3 Å². The predicted octanol–water partition coefficient (Wildman–Crippen LogP) is 5.27. The fraction of sp³-hybridized carbons (Fsp3) is 0.0870. The lowest BCUT2D eigenvalue weighted by atomic mass is 9.97. The van der Waals surface area contributed by atoms with Crippen LogP contribution in [0.25, 0.3) is 22.6 Å². The Morgan fingerprint density at radius 2 is 1.63 bits per heavy atom. The average molecular weight is 405 g/mol. The Kier molecular flexibility index (Phi) is 5.10. The molecule has 0 atom stereocenters. The molecule has 1 amide bonds. The van der Waals surface area contributed by atoms with Crippen molar-refractivity contribution in [3.05, 3.63) is 89.8 Å². The van der Waals surface area contributed by atoms with Crippen LogP contribution < -0.4 is 4.90 Å². The number of amides is 1. The third-order valence-corrected chi connectivity index (χ3v) is 4.89. The van der Waals surface area contributed by atoms with E-state index in [9.17, 15) is 13.6 Å². The van der Waals surface area contributed by atoms with Gasteiger partial charge < -0.3 is 9.32 Å². The minimum absolute atomic E-state index is 0.421. The maximum absolute atomic E-state index is 14.0. The first-order valence-corrected chi connectivity index (χ1v) is 9.15. The molecule has 0 bridgehead atoms. The zero-order valence-corrected chi connectivity index (χ0v) is 16.3. The minimum Gasteiger partial charge on any atom is -0.423 e. The summed E-state index contributed by atoms with van der Waals surface area (Å²) < 4.78 is 33.2. The lowest BCUT2D eigenvalue weighted by Gasteiger charge is -2.19. The Morgan fingerprint density at radius 3 is 2.27 bits per heavy atom. The van der Waals surface area contributed by atoms with Gasteiger partial charge in [0.25, 0.3) is 5.91 Å². The van der Waals surface area contributed by atoms with Gasteiger partial charge in [0, 0.05) is 18.3 Å². The Morgan fingerprint density at radius 1 is 0.967 bits per heavy atom. The molecule has 0 saturated heterocycles. The lowest BCUT2D eigenvalue weighted by molar-refractivity contribution is 0.0985. The summed E-state index contributed by atoms with van der Waals surface area (Å²) >= 11 is 0. The van der Waals surface area contributed by atoms with Gasteiger partial charge in [-0.05, 0) is 60.0 Å². The molecule has 0 aliphatic rings. The largest absolute Gasteiger partial charge is 0.423 e. The van der Waals surface area contributed by atoms with Crippen molar-refractivity contribution in [2.24, 2.45) is 0 Å². The van der Waals surface area contributed by atoms with Crippen molar-refractivity contribution in [3.8, 4) is 22.6 Å². The van der Waals surface area contributed by atoms with Crippen molar-refractivity contribution in [2.75, 3.05) is 11.9 Å². The summed E-state index contributed by atoms with van der Waals surface area (Å²) in [4.78, 5) is 13.8. The molecule has 150 valence electrons. The molecular formula is C23H17F2N3O2. The highest BCUT2D eigenvalue weighted by Crippen LogP contribution is 2.30. The van der Waals surface area contributed by atoms with Crippen molar-refractivity contribution in [1.82, 2.24) is 10.2 Å². The number of halogens is 2. The predicted molar refractivity (Wildman–Crippen MR) is 109 cm³/mol. The normalized spacial score (nSPS) is 10.8. The molecule has 0 aliphatic carbocycles. The van der Waals surface area contributed by atoms with Crippen molar-refractivity contribution < 1.29 is 18.0 Å². The number of carbonyl (C=O) groups excluding carboxylic acids is 1. The summed E-state index contributed by atoms with van der Waals surface area (Å²) in [5.74, 6) is -2.12. The molecule has 0 radical (unpaired) electrons. The Balaban J connectivity index is 1.63. The van der Waals surface area contributed by atoms with Crippen LogP contribution in [0.1, 0.15) is 15.9 Å². The minimum atomic E-state index is -0.892. The fourth-order valence-corrected chi connectivity index (χ4v) is 3.22. The molecule has 5 nitrogen and oxygen atoms in total. The molecular weight excluding hydrogens is 388 g/mol. The van der Waals surface area contributed by atoms with Gasteiger partial charge in [-0.15, -0.1) is 10.2 Å². The summed E-state index contributed by atoms with van der Waals surface area (Å²) in [6.45, 7) is 1.98. The van der Waals surface area contributed by atoms with E-state index in [1.165, 1.54) is 24.4 Å². The Hall–Kier alpha value is -3.87. The van der Waals surface area contributed by atoms with E-state index in [0.717, 1.165) is 34.4 Å². The SMILES string of the molecule is Cc1ccc(-c2nnco2)cc1-c1ccc(N(C)C(=O)c2c(F)cccc2F)cc1. The van der Waals surface area contributed by atoms with Gasteiger partial charge in [-0.3, -0.25) is 4.79 Å². The van der Waals surface area contributed by atoms with E-state index in [0.29, 0.717) is 11.6 Å². The van der Waals surface area contributed by atoms with E-state index in [-0.39, 0.29) is 0 Å². The molecule has 1 heterocycles. The second kappa shape index (κ2) is 7.87. The summed E-state index contributed by atoms with van der Waals surface area (Å²) in [5, 5.41) is 7.63. The molecule has 3 aromatic carbocycles. The van der Waals surface area contributed by atoms with Gasteiger partial charge >= 0.3 is 0 Å². The van der Waals surface area contributed by atoms with Crippen LogP contribution in [0.15, 0.2) is 71.5 Å². The molecule has 30 heavy (non-hydrogen) atoms. The van der Waals surface area contributed by atoms with Gasteiger partial charge in [0.1, 0.15) is 17.2 Å². The van der Waals surface area contributed by atoms with Gasteiger partial charge in [0.15, 0.2) is 0 Å². The van der Waals surface area contributed by atoms with Crippen molar-refractivity contribution in [3.63, 3.8) is 0 Å². The van der Waals surface area contributed by atoms with Gasteiger partial charge in [-0.25, -0.2) is 8.78 Å². The topological polar surface area (TPSA) is 59.2 Å². The molecule has 7 heteroatoms. The maximum Gasteiger partial charge on any atom is 0.263 e. The quantitative estimate of drug-likeness (QED) is 0.464. The van der Waals surface area contributed by atoms with Crippen LogP contribution in [0.4, 0.5) is 14.5 Å². The first kappa shape index (κ1) is 19.4. The standard InChI is InChI=1S/C23H17F2N3O2/c1-14-6-7-16(22-27-26-13-30-22)12-18(14)15-8-10-17(11-9-15)28(2)23(29)21-19(24)4-3-5-20(21)25/h3-13H,1-2H3. The summed E-state index contributed by atoms with van der Waals surface area (Å²) in [5.41, 5.74) is 3.65. The highest BCUT2D eigenvalue weighted by atomic mass is 19.1. The van der Waals surface area contributed by atoms with Crippen LogP contribution in [0, 0.1) is 18.6 Å². The van der Waals surface area contributed by atoms with Crippen molar-refractivity contribution in [1.29, 1.82) is 0 Å². The number of aryl methyl sites for hydroxylation is 1. The number of nitrogens with zero attached hydrogens (tertiary/aromatic N) is 3. The smallest absolute Gasteiger partial charge is 0.263 e. The summed E-state index contributed by atoms with van der Waals surface area (Å²) in [7, 11) is 1.48. The van der Waals surface area contributed by atoms with Crippen LogP contribution in [-0.2, 0) is 0 Å². The van der Waals surface area contributed by atoms with E-state index in [1.54, 1.807) is 12.1 Å². The molecule has 4 rings (SSSR count). The molecule has 0 N–H and O–H groups in total. The van der Waals surface area contributed by atoms with Crippen LogP contribution in [0.2, 0.25) is 0 Å². The van der Waals surface area contributed by atoms with E-state index >= 15 is 0 Å². The number of benzene rings is 3. The van der Waals surface area contributed by atoms with E-state index in [4.69, 9.17) is 4.42 Å². The van der Waals surface area contributed by atoms with Gasteiger partial charge in [0.05, 0.1) is 0 Å². The van der Waals surface area contributed by atoms with Crippen molar-refractivity contribution in [2.45, 2.75) is 6.92 Å². The molecule has 0 saturated carbocycles. The second-order valence-electron chi connectivity index (χ2n) is 6.78. The molecule has 0 spiro atoms. The summed E-state index contributed by atoms with van der Waals surface area (Å²) in [6.07, 6.45) is 1.27. The second-order valence-corrected chi connectivity index (χ2v) is 6.78. The average Bonchev–Trinajstić information content (AvgIpc) is 3.28. The number of rotatable bonds is 4. The monoisotopic (exact) mass is 405 g/mol. The number of hydrogen-bond donors (Lipinski definition) is 0. The first-order chi connectivity index (χ1) is 14.5. The third kappa shape index (κ3) is 3.57. The van der Waals surface area contributed by atoms with Gasteiger partial charge in [-0.2, -0.15) is 0 Å². The first-order valence-electron chi connectivity index (χ1n) is 9.15. The molecule has 0 unspecified atom stereocenters. The molecule has 0 aliphatic heterocycles. The zero-order valence-electron chi connectivity index (χ0n) is 16.3. The molecule has 4 aromatic rings. The van der Waals surface area contributed by atoms with Gasteiger partial charge in [-0.1, -0.05) is 24.3 Å². The number of aromatic nitrogens is 2. The molecule has 0 fully saturated rings. The zero-order chi connectivity index (χ0) is 21.3. The van der Waals surface area contributed by atoms with E-state index in [2.05, 4.69) is 10.2 Å². The lowest BCUT2D eigenvalue weighted by Crippen LogP contribution is -2.28. The third-order valence-electron chi connectivity index (χ3n) is 4.89. The number of anilines is 1. The highest BCUT2D eigenvalue weighted by Gasteiger charge is 2.21. The van der Waals surface area contributed by atoms with Crippen LogP contribution in [-0.4, -0.2) is 23.2 Å². The Bertz CT molecular complexity index is 1190. The van der Waals surface area contributed by atoms with Crippen LogP contribution in [0.3, 0.4) is 0 Å². The molecule has 1 aromatic heterocycles. The highest BCUT2D eigenvalue weighted by molar-refractivity contribution is 6.06. The van der Waals surface area contributed by atoms with E-state index < -0.39 is 23.1 Å². The van der Waals surface area contributed by atoms with E-state index in [1.807, 2.05) is 37.3 Å². The summed E-state index contributed by atoms with van der Waals surface area (Å²) in [6, 6.07) is 16.3. The Labute approximate surface area is 171 Å². The fourth-order valence-electron chi connectivity index (χ4n) is 3.22. The van der Waals surface area contributed by atoms with Crippen molar-refractivity contribution >= 4 is 11.6 Å².